The van der Waals surface area contributed by atoms with Gasteiger partial charge in [0.2, 0.25) is 0 Å². The Hall–Kier alpha value is -1.66. The summed E-state index contributed by atoms with van der Waals surface area (Å²) in [5, 5.41) is -0.268. The molecule has 1 saturated carbocycles. The first-order valence-corrected chi connectivity index (χ1v) is 10.4. The number of carbonyl (C=O) groups excluding carboxylic acids is 1. The number of hydrogen-bond donors (Lipinski definition) is 0. The van der Waals surface area contributed by atoms with E-state index in [0.717, 1.165) is 24.0 Å². The highest BCUT2D eigenvalue weighted by Crippen LogP contribution is 2.37. The highest BCUT2D eigenvalue weighted by atomic mass is 79.9. The van der Waals surface area contributed by atoms with Crippen LogP contribution in [0.5, 0.6) is 0 Å². The lowest BCUT2D eigenvalue weighted by atomic mass is 9.92. The number of halogens is 1. The fourth-order valence-corrected chi connectivity index (χ4v) is 5.63. The van der Waals surface area contributed by atoms with Crippen LogP contribution in [0.1, 0.15) is 29.9 Å². The predicted molar refractivity (Wildman–Crippen MR) is 99.3 cm³/mol. The molecule has 0 saturated heterocycles. The minimum absolute atomic E-state index is 0.268. The van der Waals surface area contributed by atoms with E-state index >= 15 is 0 Å². The van der Waals surface area contributed by atoms with Gasteiger partial charge in [0.15, 0.2) is 9.84 Å². The van der Waals surface area contributed by atoms with Crippen molar-refractivity contribution < 1.29 is 17.9 Å². The standard InChI is InChI=1S/C19H19BrO4S/c1-24-19(21)16(11-13-5-3-2-4-6-13)14-7-10-18(17(20)12-14)25(22,23)15-8-9-15/h2-7,10,12,15-16H,8-9,11H2,1H3. The van der Waals surface area contributed by atoms with E-state index in [1.807, 2.05) is 30.3 Å². The third-order valence-corrected chi connectivity index (χ3v) is 7.63. The average molecular weight is 423 g/mol. The Balaban J connectivity index is 1.93. The molecule has 1 atom stereocenters. The van der Waals surface area contributed by atoms with Crippen LogP contribution in [0.2, 0.25) is 0 Å². The highest BCUT2D eigenvalue weighted by molar-refractivity contribution is 9.10. The first-order valence-electron chi connectivity index (χ1n) is 8.08. The molecule has 4 nitrogen and oxygen atoms in total. The van der Waals surface area contributed by atoms with Crippen LogP contribution in [0, 0.1) is 0 Å². The van der Waals surface area contributed by atoms with Gasteiger partial charge in [-0.15, -0.1) is 0 Å². The second kappa shape index (κ2) is 7.30. The number of esters is 1. The summed E-state index contributed by atoms with van der Waals surface area (Å²) in [7, 11) is -1.92. The molecule has 6 heteroatoms. The Labute approximate surface area is 156 Å². The van der Waals surface area contributed by atoms with Gasteiger partial charge in [0.25, 0.3) is 0 Å². The molecule has 0 bridgehead atoms. The molecule has 0 aliphatic heterocycles. The van der Waals surface area contributed by atoms with Crippen molar-refractivity contribution >= 4 is 31.7 Å². The van der Waals surface area contributed by atoms with E-state index in [1.165, 1.54) is 7.11 Å². The van der Waals surface area contributed by atoms with Crippen LogP contribution in [-0.4, -0.2) is 26.7 Å². The van der Waals surface area contributed by atoms with Crippen molar-refractivity contribution in [3.8, 4) is 0 Å². The smallest absolute Gasteiger partial charge is 0.313 e. The van der Waals surface area contributed by atoms with Crippen molar-refractivity contribution in [2.24, 2.45) is 0 Å². The minimum atomic E-state index is -3.29. The van der Waals surface area contributed by atoms with Crippen molar-refractivity contribution in [3.63, 3.8) is 0 Å². The maximum atomic E-state index is 12.5. The summed E-state index contributed by atoms with van der Waals surface area (Å²) in [5.41, 5.74) is 1.75. The molecule has 0 spiro atoms. The topological polar surface area (TPSA) is 60.4 Å². The Bertz CT molecular complexity index is 874. The van der Waals surface area contributed by atoms with Gasteiger partial charge in [-0.3, -0.25) is 4.79 Å². The maximum absolute atomic E-state index is 12.5. The Morgan fingerprint density at radius 1 is 1.20 bits per heavy atom. The van der Waals surface area contributed by atoms with Crippen LogP contribution in [0.15, 0.2) is 57.9 Å². The molecule has 0 heterocycles. The van der Waals surface area contributed by atoms with Crippen molar-refractivity contribution in [1.82, 2.24) is 0 Å². The molecule has 0 aromatic heterocycles. The number of methoxy groups -OCH3 is 1. The first-order chi connectivity index (χ1) is 11.9. The molecule has 1 unspecified atom stereocenters. The average Bonchev–Trinajstić information content (AvgIpc) is 3.45. The van der Waals surface area contributed by atoms with Gasteiger partial charge in [-0.1, -0.05) is 36.4 Å². The molecule has 2 aromatic rings. The zero-order chi connectivity index (χ0) is 18.0. The van der Waals surface area contributed by atoms with E-state index in [4.69, 9.17) is 4.74 Å². The van der Waals surface area contributed by atoms with Gasteiger partial charge >= 0.3 is 5.97 Å². The lowest BCUT2D eigenvalue weighted by molar-refractivity contribution is -0.142. The summed E-state index contributed by atoms with van der Waals surface area (Å²) in [6.07, 6.45) is 1.93. The van der Waals surface area contributed by atoms with E-state index in [9.17, 15) is 13.2 Å². The predicted octanol–water partition coefficient (Wildman–Crippen LogP) is 3.88. The number of sulfone groups is 1. The summed E-state index contributed by atoms with van der Waals surface area (Å²) in [5.74, 6) is -0.824. The third-order valence-electron chi connectivity index (χ3n) is 4.40. The SMILES string of the molecule is COC(=O)C(Cc1ccccc1)c1ccc(S(=O)(=O)C2CC2)c(Br)c1. The molecule has 0 amide bonds. The zero-order valence-electron chi connectivity index (χ0n) is 13.8. The number of benzene rings is 2. The van der Waals surface area contributed by atoms with Crippen LogP contribution in [0.4, 0.5) is 0 Å². The zero-order valence-corrected chi connectivity index (χ0v) is 16.2. The summed E-state index contributed by atoms with van der Waals surface area (Å²) < 4.78 is 30.4. The van der Waals surface area contributed by atoms with Crippen LogP contribution < -0.4 is 0 Å². The van der Waals surface area contributed by atoms with E-state index in [-0.39, 0.29) is 11.2 Å². The summed E-state index contributed by atoms with van der Waals surface area (Å²) in [4.78, 5) is 12.6. The van der Waals surface area contributed by atoms with Gasteiger partial charge < -0.3 is 4.74 Å². The largest absolute Gasteiger partial charge is 0.469 e. The lowest BCUT2D eigenvalue weighted by Crippen LogP contribution is -2.17. The maximum Gasteiger partial charge on any atom is 0.313 e. The fourth-order valence-electron chi connectivity index (χ4n) is 2.85. The second-order valence-corrected chi connectivity index (χ2v) is 9.25. The highest BCUT2D eigenvalue weighted by Gasteiger charge is 2.38. The molecule has 0 N–H and O–H groups in total. The van der Waals surface area contributed by atoms with Crippen LogP contribution in [0.3, 0.4) is 0 Å². The van der Waals surface area contributed by atoms with Gasteiger partial charge in [0, 0.05) is 4.47 Å². The van der Waals surface area contributed by atoms with Gasteiger partial charge in [-0.05, 0) is 58.5 Å². The van der Waals surface area contributed by atoms with Crippen LogP contribution in [0.25, 0.3) is 0 Å². The van der Waals surface area contributed by atoms with Gasteiger partial charge in [-0.25, -0.2) is 8.42 Å². The second-order valence-electron chi connectivity index (χ2n) is 6.20. The molecule has 2 aromatic carbocycles. The number of hydrogen-bond acceptors (Lipinski definition) is 4. The molecule has 1 fully saturated rings. The molecule has 25 heavy (non-hydrogen) atoms. The molecular formula is C19H19BrO4S. The molecule has 3 rings (SSSR count). The quantitative estimate of drug-likeness (QED) is 0.662. The van der Waals surface area contributed by atoms with Gasteiger partial charge in [0.05, 0.1) is 23.2 Å². The molecular weight excluding hydrogens is 404 g/mol. The summed E-state index contributed by atoms with van der Waals surface area (Å²) in [6, 6.07) is 14.7. The van der Waals surface area contributed by atoms with E-state index < -0.39 is 15.8 Å². The monoisotopic (exact) mass is 422 g/mol. The van der Waals surface area contributed by atoms with E-state index in [1.54, 1.807) is 18.2 Å². The molecule has 0 radical (unpaired) electrons. The summed E-state index contributed by atoms with van der Waals surface area (Å²) in [6.45, 7) is 0. The van der Waals surface area contributed by atoms with E-state index in [0.29, 0.717) is 15.8 Å². The van der Waals surface area contributed by atoms with Crippen molar-refractivity contribution in [2.45, 2.75) is 35.3 Å². The van der Waals surface area contributed by atoms with Crippen molar-refractivity contribution in [3.05, 3.63) is 64.1 Å². The van der Waals surface area contributed by atoms with Crippen molar-refractivity contribution in [1.29, 1.82) is 0 Å². The number of carbonyl (C=O) groups is 1. The van der Waals surface area contributed by atoms with Gasteiger partial charge in [-0.2, -0.15) is 0 Å². The van der Waals surface area contributed by atoms with Crippen LogP contribution in [-0.2, 0) is 25.8 Å². The Morgan fingerprint density at radius 3 is 2.44 bits per heavy atom. The molecule has 1 aliphatic carbocycles. The van der Waals surface area contributed by atoms with E-state index in [2.05, 4.69) is 15.9 Å². The van der Waals surface area contributed by atoms with Crippen LogP contribution >= 0.6 is 15.9 Å². The first kappa shape index (κ1) is 18.1. The number of ether oxygens (including phenoxy) is 1. The minimum Gasteiger partial charge on any atom is -0.469 e. The molecule has 132 valence electrons. The normalized spacial score (nSPS) is 15.6. The van der Waals surface area contributed by atoms with Crippen molar-refractivity contribution in [2.75, 3.05) is 7.11 Å². The van der Waals surface area contributed by atoms with Gasteiger partial charge in [0.1, 0.15) is 0 Å². The Morgan fingerprint density at radius 2 is 1.88 bits per heavy atom. The lowest BCUT2D eigenvalue weighted by Gasteiger charge is -2.17. The fraction of sp³-hybridized carbons (Fsp3) is 0.316. The summed E-state index contributed by atoms with van der Waals surface area (Å²) >= 11 is 3.37. The Kier molecular flexibility index (Phi) is 5.29. The molecule has 1 aliphatic rings. The number of rotatable bonds is 6. The third kappa shape index (κ3) is 3.96.